The fourth-order valence-electron chi connectivity index (χ4n) is 6.21. The molecule has 0 bridgehead atoms. The predicted octanol–water partition coefficient (Wildman–Crippen LogP) is 5.39. The van der Waals surface area contributed by atoms with Crippen molar-refractivity contribution in [1.29, 1.82) is 0 Å². The number of nitrogens with one attached hydrogen (secondary N) is 1. The van der Waals surface area contributed by atoms with Crippen LogP contribution in [0, 0.1) is 23.2 Å². The molecule has 8 nitrogen and oxygen atoms in total. The van der Waals surface area contributed by atoms with Gasteiger partial charge in [-0.15, -0.1) is 0 Å². The molecule has 2 aliphatic rings. The van der Waals surface area contributed by atoms with Gasteiger partial charge in [0, 0.05) is 16.9 Å². The van der Waals surface area contributed by atoms with Crippen LogP contribution in [-0.2, 0) is 33.4 Å². The number of hydrogen-bond donors (Lipinski definition) is 1. The number of hydrogen-bond acceptors (Lipinski definition) is 7. The second-order valence-electron chi connectivity index (χ2n) is 11.7. The van der Waals surface area contributed by atoms with E-state index in [2.05, 4.69) is 25.7 Å². The molecule has 1 saturated carbocycles. The van der Waals surface area contributed by atoms with Crippen LogP contribution in [0.2, 0.25) is 0 Å². The third-order valence-corrected chi connectivity index (χ3v) is 8.65. The summed E-state index contributed by atoms with van der Waals surface area (Å²) in [5.41, 5.74) is 0.803. The molecule has 0 saturated heterocycles. The van der Waals surface area contributed by atoms with Crippen molar-refractivity contribution in [3.63, 3.8) is 0 Å². The molecule has 1 aromatic carbocycles. The second kappa shape index (κ2) is 14.4. The van der Waals surface area contributed by atoms with Gasteiger partial charge in [-0.05, 0) is 61.3 Å². The fourth-order valence-corrected chi connectivity index (χ4v) is 6.21. The summed E-state index contributed by atoms with van der Waals surface area (Å²) in [5, 5.41) is 2.86. The first-order valence-corrected chi connectivity index (χ1v) is 14.7. The second-order valence-corrected chi connectivity index (χ2v) is 11.7. The van der Waals surface area contributed by atoms with Crippen molar-refractivity contribution in [3.8, 4) is 0 Å². The normalized spacial score (nSPS) is 25.3. The van der Waals surface area contributed by atoms with Gasteiger partial charge in [-0.1, -0.05) is 76.6 Å². The van der Waals surface area contributed by atoms with Gasteiger partial charge in [0.2, 0.25) is 5.91 Å². The first kappa shape index (κ1) is 32.7. The number of methoxy groups -OCH3 is 1. The number of amides is 1. The van der Waals surface area contributed by atoms with Gasteiger partial charge in [-0.2, -0.15) is 0 Å². The Bertz CT molecular complexity index is 1260. The number of carbonyl (C=O) groups is 5. The Morgan fingerprint density at radius 3 is 2.50 bits per heavy atom. The molecule has 0 heterocycles. The average molecular weight is 578 g/mol. The molecule has 2 aliphatic carbocycles. The monoisotopic (exact) mass is 577 g/mol. The zero-order valence-corrected chi connectivity index (χ0v) is 25.3. The molecule has 0 spiro atoms. The van der Waals surface area contributed by atoms with Gasteiger partial charge < -0.3 is 14.8 Å². The highest BCUT2D eigenvalue weighted by Gasteiger charge is 2.53. The topological polar surface area (TPSA) is 116 Å². The lowest BCUT2D eigenvalue weighted by atomic mass is 9.56. The third kappa shape index (κ3) is 7.33. The van der Waals surface area contributed by atoms with Crippen molar-refractivity contribution >= 4 is 29.9 Å². The van der Waals surface area contributed by atoms with Crippen LogP contribution in [0.15, 0.2) is 65.8 Å². The van der Waals surface area contributed by atoms with E-state index in [9.17, 15) is 24.0 Å². The summed E-state index contributed by atoms with van der Waals surface area (Å²) in [7, 11) is 1.26. The van der Waals surface area contributed by atoms with E-state index in [0.29, 0.717) is 35.8 Å². The van der Waals surface area contributed by atoms with Gasteiger partial charge >= 0.3 is 11.9 Å². The summed E-state index contributed by atoms with van der Waals surface area (Å²) in [6.45, 7) is 11.5. The van der Waals surface area contributed by atoms with Crippen LogP contribution < -0.4 is 5.32 Å². The predicted molar refractivity (Wildman–Crippen MR) is 159 cm³/mol. The maximum absolute atomic E-state index is 13.9. The van der Waals surface area contributed by atoms with E-state index >= 15 is 0 Å². The Kier molecular flexibility index (Phi) is 11.2. The number of allylic oxidation sites excluding steroid dienone is 3. The molecule has 3 rings (SSSR count). The Hall–Kier alpha value is -3.81. The Balaban J connectivity index is 1.93. The van der Waals surface area contributed by atoms with Gasteiger partial charge in [0.15, 0.2) is 11.8 Å². The maximum Gasteiger partial charge on any atom is 0.333 e. The van der Waals surface area contributed by atoms with Crippen molar-refractivity contribution in [3.05, 3.63) is 71.3 Å². The molecule has 1 amide bonds. The van der Waals surface area contributed by atoms with E-state index < -0.39 is 47.2 Å². The fraction of sp³-hybridized carbons (Fsp3) is 0.500. The molecule has 42 heavy (non-hydrogen) atoms. The molecular weight excluding hydrogens is 534 g/mol. The molecular formula is C34H43NO7. The van der Waals surface area contributed by atoms with Crippen molar-refractivity contribution in [2.24, 2.45) is 23.2 Å². The van der Waals surface area contributed by atoms with E-state index in [1.54, 1.807) is 31.2 Å². The van der Waals surface area contributed by atoms with Crippen LogP contribution in [0.25, 0.3) is 0 Å². The standard InChI is InChI=1S/C34H43NO7/c1-7-8-12-21(2)17-22(3)32(39)42-29-16-15-26(34(5)19-25(23(4)20-36)28(37)18-27(29)34)31(38)35-30(33(40)41-6)24-13-10-9-11-14-24/h9-11,13-14,17-18,20-21,25-26,29-30H,4,7-8,12,15-16,19H2,1-3,5-6H3,(H,35,38)/b22-17+/t21?,25-,26+,29+,30+,34+/m0/s1. The van der Waals surface area contributed by atoms with E-state index in [1.807, 2.05) is 19.1 Å². The van der Waals surface area contributed by atoms with Crippen LogP contribution >= 0.6 is 0 Å². The Labute approximate surface area is 248 Å². The first-order chi connectivity index (χ1) is 20.0. The Morgan fingerprint density at radius 1 is 1.19 bits per heavy atom. The molecule has 0 aliphatic heterocycles. The summed E-state index contributed by atoms with van der Waals surface area (Å²) in [6.07, 6.45) is 7.12. The maximum atomic E-state index is 13.9. The number of ether oxygens (including phenoxy) is 2. The largest absolute Gasteiger partial charge is 0.467 e. The van der Waals surface area contributed by atoms with Crippen LogP contribution in [0.4, 0.5) is 0 Å². The van der Waals surface area contributed by atoms with Gasteiger partial charge in [-0.25, -0.2) is 9.59 Å². The summed E-state index contributed by atoms with van der Waals surface area (Å²) >= 11 is 0. The SMILES string of the molecule is C=C(C=O)[C@@H]1C[C@@]2(C)C(=CC1=O)[C@H](OC(=O)/C(C)=C/C(C)CCCC)CC[C@@H]2C(=O)N[C@@H](C(=O)OC)c1ccccc1. The Morgan fingerprint density at radius 2 is 1.88 bits per heavy atom. The van der Waals surface area contributed by atoms with E-state index in [1.165, 1.54) is 13.2 Å². The van der Waals surface area contributed by atoms with Crippen molar-refractivity contribution in [2.75, 3.05) is 7.11 Å². The number of aldehydes is 1. The van der Waals surface area contributed by atoms with E-state index in [4.69, 9.17) is 9.47 Å². The molecule has 8 heteroatoms. The highest BCUT2D eigenvalue weighted by atomic mass is 16.5. The lowest BCUT2D eigenvalue weighted by Gasteiger charge is -2.49. The smallest absolute Gasteiger partial charge is 0.333 e. The lowest BCUT2D eigenvalue weighted by molar-refractivity contribution is -0.150. The number of benzene rings is 1. The molecule has 1 N–H and O–H groups in total. The van der Waals surface area contributed by atoms with E-state index in [-0.39, 0.29) is 23.7 Å². The molecule has 1 fully saturated rings. The molecule has 6 atom stereocenters. The summed E-state index contributed by atoms with van der Waals surface area (Å²) in [6, 6.07) is 7.78. The van der Waals surface area contributed by atoms with Crippen molar-refractivity contribution in [1.82, 2.24) is 5.32 Å². The highest BCUT2D eigenvalue weighted by molar-refractivity contribution is 6.00. The highest BCUT2D eigenvalue weighted by Crippen LogP contribution is 2.53. The number of esters is 2. The summed E-state index contributed by atoms with van der Waals surface area (Å²) < 4.78 is 10.9. The zero-order valence-electron chi connectivity index (χ0n) is 25.3. The lowest BCUT2D eigenvalue weighted by Crippen LogP contribution is -2.52. The minimum Gasteiger partial charge on any atom is -0.467 e. The first-order valence-electron chi connectivity index (χ1n) is 14.7. The van der Waals surface area contributed by atoms with Gasteiger partial charge in [0.25, 0.3) is 0 Å². The van der Waals surface area contributed by atoms with Gasteiger partial charge in [-0.3, -0.25) is 14.4 Å². The van der Waals surface area contributed by atoms with Crippen molar-refractivity contribution < 1.29 is 33.4 Å². The van der Waals surface area contributed by atoms with Crippen LogP contribution in [0.5, 0.6) is 0 Å². The minimum absolute atomic E-state index is 0.131. The number of ketones is 1. The van der Waals surface area contributed by atoms with Crippen LogP contribution in [0.3, 0.4) is 0 Å². The van der Waals surface area contributed by atoms with E-state index in [0.717, 1.165) is 19.3 Å². The molecule has 0 aromatic heterocycles. The molecule has 226 valence electrons. The summed E-state index contributed by atoms with van der Waals surface area (Å²) in [4.78, 5) is 64.5. The number of fused-ring (bicyclic) bond motifs is 1. The quantitative estimate of drug-likeness (QED) is 0.201. The molecule has 0 radical (unpaired) electrons. The number of carbonyl (C=O) groups excluding carboxylic acids is 5. The summed E-state index contributed by atoms with van der Waals surface area (Å²) in [5.74, 6) is -3.02. The van der Waals surface area contributed by atoms with Crippen molar-refractivity contribution in [2.45, 2.75) is 78.4 Å². The minimum atomic E-state index is -1.02. The molecule has 1 unspecified atom stereocenters. The number of rotatable bonds is 12. The third-order valence-electron chi connectivity index (χ3n) is 8.65. The van der Waals surface area contributed by atoms with Crippen LogP contribution in [0.1, 0.15) is 77.8 Å². The van der Waals surface area contributed by atoms with Gasteiger partial charge in [0.1, 0.15) is 12.4 Å². The average Bonchev–Trinajstić information content (AvgIpc) is 2.98. The van der Waals surface area contributed by atoms with Crippen LogP contribution in [-0.4, -0.2) is 43.1 Å². The number of unbranched alkanes of at least 4 members (excludes halogenated alkanes) is 1. The van der Waals surface area contributed by atoms with Gasteiger partial charge in [0.05, 0.1) is 13.0 Å². The molecule has 1 aromatic rings. The zero-order chi connectivity index (χ0) is 31.0.